The molecule has 1 saturated heterocycles. The molecule has 1 aromatic heterocycles. The normalized spacial score (nSPS) is 20.4. The molecule has 2 N–H and O–H groups in total. The Kier molecular flexibility index (Phi) is 5.52. The van der Waals surface area contributed by atoms with Gasteiger partial charge in [0.05, 0.1) is 6.54 Å². The smallest absolute Gasteiger partial charge is 0.164 e. The molecule has 0 spiro atoms. The molecule has 1 unspecified atom stereocenters. The average molecular weight is 330 g/mol. The van der Waals surface area contributed by atoms with E-state index in [9.17, 15) is 8.42 Å². The van der Waals surface area contributed by atoms with Gasteiger partial charge in [-0.15, -0.1) is 11.3 Å². The number of thiophene rings is 1. The fourth-order valence-electron chi connectivity index (χ4n) is 2.07. The van der Waals surface area contributed by atoms with Crippen LogP contribution in [-0.4, -0.2) is 49.5 Å². The SMILES string of the molecule is CS(=O)(=O)C1CSCCN1Cc1cc(C#CCN)cs1. The summed E-state index contributed by atoms with van der Waals surface area (Å²) in [5.41, 5.74) is 6.31. The summed E-state index contributed by atoms with van der Waals surface area (Å²) < 4.78 is 23.7. The maximum atomic E-state index is 11.8. The first-order valence-electron chi connectivity index (χ1n) is 6.27. The molecule has 1 aromatic rings. The van der Waals surface area contributed by atoms with Crippen molar-refractivity contribution < 1.29 is 8.42 Å². The highest BCUT2D eigenvalue weighted by atomic mass is 32.2. The molecule has 1 aliphatic heterocycles. The van der Waals surface area contributed by atoms with E-state index in [1.54, 1.807) is 23.1 Å². The van der Waals surface area contributed by atoms with Gasteiger partial charge in [-0.3, -0.25) is 4.90 Å². The third-order valence-electron chi connectivity index (χ3n) is 3.03. The van der Waals surface area contributed by atoms with Crippen LogP contribution in [0.25, 0.3) is 0 Å². The second-order valence-corrected chi connectivity index (χ2v) is 8.99. The van der Waals surface area contributed by atoms with Crippen LogP contribution in [0.2, 0.25) is 0 Å². The zero-order chi connectivity index (χ0) is 14.6. The van der Waals surface area contributed by atoms with Crippen molar-refractivity contribution >= 4 is 32.9 Å². The van der Waals surface area contributed by atoms with Crippen molar-refractivity contribution in [3.63, 3.8) is 0 Å². The van der Waals surface area contributed by atoms with Crippen LogP contribution in [0.4, 0.5) is 0 Å². The van der Waals surface area contributed by atoms with Crippen LogP contribution in [0.3, 0.4) is 0 Å². The minimum Gasteiger partial charge on any atom is -0.320 e. The van der Waals surface area contributed by atoms with Crippen LogP contribution in [0.5, 0.6) is 0 Å². The second kappa shape index (κ2) is 6.96. The topological polar surface area (TPSA) is 63.4 Å². The zero-order valence-corrected chi connectivity index (χ0v) is 13.8. The quantitative estimate of drug-likeness (QED) is 0.837. The molecule has 1 aliphatic rings. The summed E-state index contributed by atoms with van der Waals surface area (Å²) in [7, 11) is -3.04. The van der Waals surface area contributed by atoms with Gasteiger partial charge in [0.2, 0.25) is 0 Å². The Morgan fingerprint density at radius 2 is 2.35 bits per heavy atom. The summed E-state index contributed by atoms with van der Waals surface area (Å²) in [5, 5.41) is 1.62. The monoisotopic (exact) mass is 330 g/mol. The van der Waals surface area contributed by atoms with Gasteiger partial charge in [0.1, 0.15) is 5.37 Å². The van der Waals surface area contributed by atoms with E-state index in [0.29, 0.717) is 18.8 Å². The Hall–Kier alpha value is -0.520. The molecular formula is C13H18N2O2S3. The molecular weight excluding hydrogens is 312 g/mol. The number of thioether (sulfide) groups is 1. The predicted octanol–water partition coefficient (Wildman–Crippen LogP) is 0.978. The summed E-state index contributed by atoms with van der Waals surface area (Å²) in [4.78, 5) is 3.20. The van der Waals surface area contributed by atoms with Crippen molar-refractivity contribution in [2.24, 2.45) is 5.73 Å². The number of nitrogens with zero attached hydrogens (tertiary/aromatic N) is 1. The highest BCUT2D eigenvalue weighted by molar-refractivity contribution is 8.00. The highest BCUT2D eigenvalue weighted by Gasteiger charge is 2.30. The van der Waals surface area contributed by atoms with Crippen LogP contribution in [0.15, 0.2) is 11.4 Å². The highest BCUT2D eigenvalue weighted by Crippen LogP contribution is 2.24. The molecule has 2 rings (SSSR count). The lowest BCUT2D eigenvalue weighted by molar-refractivity contribution is 0.264. The molecule has 0 bridgehead atoms. The summed E-state index contributed by atoms with van der Waals surface area (Å²) in [6.45, 7) is 1.84. The van der Waals surface area contributed by atoms with E-state index in [0.717, 1.165) is 22.7 Å². The predicted molar refractivity (Wildman–Crippen MR) is 86.6 cm³/mol. The summed E-state index contributed by atoms with van der Waals surface area (Å²) >= 11 is 3.33. The molecule has 0 radical (unpaired) electrons. The van der Waals surface area contributed by atoms with E-state index in [1.807, 2.05) is 11.4 Å². The fraction of sp³-hybridized carbons (Fsp3) is 0.538. The van der Waals surface area contributed by atoms with Gasteiger partial charge < -0.3 is 5.73 Å². The standard InChI is InChI=1S/C13H18N2O2S3/c1-20(16,17)13-10-18-6-5-15(13)8-12-7-11(9-19-12)3-2-4-14/h7,9,13H,4-6,8,10,14H2,1H3. The number of rotatable bonds is 3. The van der Waals surface area contributed by atoms with Crippen LogP contribution in [-0.2, 0) is 16.4 Å². The van der Waals surface area contributed by atoms with Gasteiger partial charge in [-0.05, 0) is 6.07 Å². The van der Waals surface area contributed by atoms with Gasteiger partial charge in [0.15, 0.2) is 9.84 Å². The van der Waals surface area contributed by atoms with Gasteiger partial charge in [0.25, 0.3) is 0 Å². The molecule has 0 aromatic carbocycles. The van der Waals surface area contributed by atoms with E-state index in [-0.39, 0.29) is 5.37 Å². The van der Waals surface area contributed by atoms with Crippen LogP contribution < -0.4 is 5.73 Å². The third-order valence-corrected chi connectivity index (χ3v) is 6.64. The van der Waals surface area contributed by atoms with E-state index >= 15 is 0 Å². The Morgan fingerprint density at radius 3 is 3.05 bits per heavy atom. The Bertz CT molecular complexity index is 613. The number of sulfone groups is 1. The summed E-state index contributed by atoms with van der Waals surface area (Å²) in [6, 6.07) is 2.02. The maximum Gasteiger partial charge on any atom is 0.164 e. The Labute approximate surface area is 128 Å². The Morgan fingerprint density at radius 1 is 1.55 bits per heavy atom. The second-order valence-electron chi connectivity index (χ2n) is 4.64. The van der Waals surface area contributed by atoms with Gasteiger partial charge >= 0.3 is 0 Å². The largest absolute Gasteiger partial charge is 0.320 e. The van der Waals surface area contributed by atoms with Crippen LogP contribution in [0, 0.1) is 11.8 Å². The molecule has 20 heavy (non-hydrogen) atoms. The molecule has 4 nitrogen and oxygen atoms in total. The molecule has 0 amide bonds. The minimum absolute atomic E-state index is 0.352. The summed E-state index contributed by atoms with van der Waals surface area (Å²) in [6.07, 6.45) is 1.32. The molecule has 0 aliphatic carbocycles. The van der Waals surface area contributed by atoms with Gasteiger partial charge in [-0.25, -0.2) is 8.42 Å². The van der Waals surface area contributed by atoms with Gasteiger partial charge in [0, 0.05) is 46.7 Å². The Balaban J connectivity index is 2.09. The number of hydrogen-bond acceptors (Lipinski definition) is 6. The lowest BCUT2D eigenvalue weighted by atomic mass is 10.3. The maximum absolute atomic E-state index is 11.8. The van der Waals surface area contributed by atoms with Crippen molar-refractivity contribution in [1.82, 2.24) is 4.90 Å². The lowest BCUT2D eigenvalue weighted by Crippen LogP contribution is -2.46. The first-order chi connectivity index (χ1) is 9.50. The zero-order valence-electron chi connectivity index (χ0n) is 11.3. The lowest BCUT2D eigenvalue weighted by Gasteiger charge is -2.33. The average Bonchev–Trinajstić information content (AvgIpc) is 2.83. The van der Waals surface area contributed by atoms with Crippen molar-refractivity contribution in [3.8, 4) is 11.8 Å². The van der Waals surface area contributed by atoms with E-state index in [2.05, 4.69) is 16.7 Å². The van der Waals surface area contributed by atoms with Crippen LogP contribution in [0.1, 0.15) is 10.4 Å². The van der Waals surface area contributed by atoms with Crippen molar-refractivity contribution in [2.45, 2.75) is 11.9 Å². The van der Waals surface area contributed by atoms with Gasteiger partial charge in [-0.2, -0.15) is 11.8 Å². The van der Waals surface area contributed by atoms with E-state index in [1.165, 1.54) is 6.26 Å². The molecule has 2 heterocycles. The molecule has 110 valence electrons. The fourth-order valence-corrected chi connectivity index (χ4v) is 5.86. The van der Waals surface area contributed by atoms with Crippen molar-refractivity contribution in [2.75, 3.05) is 30.9 Å². The molecule has 1 fully saturated rings. The minimum atomic E-state index is -3.04. The number of hydrogen-bond donors (Lipinski definition) is 1. The number of nitrogens with two attached hydrogens (primary N) is 1. The van der Waals surface area contributed by atoms with Crippen molar-refractivity contribution in [1.29, 1.82) is 0 Å². The molecule has 7 heteroatoms. The third kappa shape index (κ3) is 4.24. The van der Waals surface area contributed by atoms with Gasteiger partial charge in [-0.1, -0.05) is 11.8 Å². The van der Waals surface area contributed by atoms with Crippen molar-refractivity contribution in [3.05, 3.63) is 21.9 Å². The van der Waals surface area contributed by atoms with E-state index < -0.39 is 9.84 Å². The van der Waals surface area contributed by atoms with Crippen LogP contribution >= 0.6 is 23.1 Å². The first-order valence-corrected chi connectivity index (χ1v) is 10.3. The molecule has 1 atom stereocenters. The van der Waals surface area contributed by atoms with E-state index in [4.69, 9.17) is 5.73 Å². The summed E-state index contributed by atoms with van der Waals surface area (Å²) in [5.74, 6) is 7.46. The molecule has 0 saturated carbocycles. The first kappa shape index (κ1) is 15.9.